The SMILES string of the molecule is [CH2]CSc1nc2cc(Cl)ccc2[nH]1. The monoisotopic (exact) mass is 211 g/mol. The van der Waals surface area contributed by atoms with Gasteiger partial charge in [-0.3, -0.25) is 0 Å². The van der Waals surface area contributed by atoms with E-state index < -0.39 is 0 Å². The lowest BCUT2D eigenvalue weighted by atomic mass is 10.3. The van der Waals surface area contributed by atoms with Crippen molar-refractivity contribution in [3.8, 4) is 0 Å². The predicted octanol–water partition coefficient (Wildman–Crippen LogP) is 3.14. The van der Waals surface area contributed by atoms with Gasteiger partial charge in [-0.25, -0.2) is 4.98 Å². The average Bonchev–Trinajstić information content (AvgIpc) is 2.46. The van der Waals surface area contributed by atoms with Crippen LogP contribution in [0.25, 0.3) is 11.0 Å². The van der Waals surface area contributed by atoms with E-state index in [2.05, 4.69) is 16.9 Å². The lowest BCUT2D eigenvalue weighted by Crippen LogP contribution is -1.73. The van der Waals surface area contributed by atoms with Crippen LogP contribution in [0.4, 0.5) is 0 Å². The van der Waals surface area contributed by atoms with Gasteiger partial charge in [-0.05, 0) is 25.1 Å². The molecule has 4 heteroatoms. The molecule has 1 aromatic carbocycles. The van der Waals surface area contributed by atoms with E-state index in [1.165, 1.54) is 0 Å². The van der Waals surface area contributed by atoms with Gasteiger partial charge in [-0.1, -0.05) is 23.4 Å². The quantitative estimate of drug-likeness (QED) is 0.774. The van der Waals surface area contributed by atoms with Crippen molar-refractivity contribution in [1.29, 1.82) is 0 Å². The molecule has 13 heavy (non-hydrogen) atoms. The molecule has 1 N–H and O–H groups in total. The Labute approximate surface area is 85.7 Å². The van der Waals surface area contributed by atoms with E-state index >= 15 is 0 Å². The Kier molecular flexibility index (Phi) is 2.47. The first-order valence-corrected chi connectivity index (χ1v) is 5.23. The summed E-state index contributed by atoms with van der Waals surface area (Å²) in [6.45, 7) is 3.75. The maximum atomic E-state index is 5.83. The van der Waals surface area contributed by atoms with E-state index in [0.29, 0.717) is 5.02 Å². The summed E-state index contributed by atoms with van der Waals surface area (Å²) < 4.78 is 0. The highest BCUT2D eigenvalue weighted by molar-refractivity contribution is 7.99. The molecule has 0 aliphatic heterocycles. The minimum Gasteiger partial charge on any atom is -0.333 e. The van der Waals surface area contributed by atoms with Gasteiger partial charge >= 0.3 is 0 Å². The fraction of sp³-hybridized carbons (Fsp3) is 0.111. The second-order valence-electron chi connectivity index (χ2n) is 2.55. The summed E-state index contributed by atoms with van der Waals surface area (Å²) in [5.41, 5.74) is 1.92. The lowest BCUT2D eigenvalue weighted by molar-refractivity contribution is 1.08. The van der Waals surface area contributed by atoms with Crippen molar-refractivity contribution in [3.05, 3.63) is 30.1 Å². The molecule has 0 amide bonds. The minimum atomic E-state index is 0.713. The van der Waals surface area contributed by atoms with Crippen LogP contribution in [0.2, 0.25) is 5.02 Å². The molecule has 0 saturated heterocycles. The molecule has 1 radical (unpaired) electrons. The molecule has 1 aromatic heterocycles. The van der Waals surface area contributed by atoms with Crippen molar-refractivity contribution in [2.75, 3.05) is 5.75 Å². The summed E-state index contributed by atoms with van der Waals surface area (Å²) in [4.78, 5) is 7.52. The van der Waals surface area contributed by atoms with Crippen molar-refractivity contribution in [1.82, 2.24) is 9.97 Å². The second kappa shape index (κ2) is 3.60. The van der Waals surface area contributed by atoms with Crippen molar-refractivity contribution >= 4 is 34.4 Å². The van der Waals surface area contributed by atoms with E-state index in [1.807, 2.05) is 18.2 Å². The summed E-state index contributed by atoms with van der Waals surface area (Å²) in [5.74, 6) is 0.771. The molecule has 0 aliphatic carbocycles. The molecule has 0 spiro atoms. The third kappa shape index (κ3) is 1.81. The number of H-pyrrole nitrogens is 1. The summed E-state index contributed by atoms with van der Waals surface area (Å²) in [6.07, 6.45) is 0. The number of nitrogens with zero attached hydrogens (tertiary/aromatic N) is 1. The topological polar surface area (TPSA) is 28.7 Å². The van der Waals surface area contributed by atoms with Crippen LogP contribution in [0.3, 0.4) is 0 Å². The fourth-order valence-electron chi connectivity index (χ4n) is 1.12. The van der Waals surface area contributed by atoms with Crippen LogP contribution in [0.5, 0.6) is 0 Å². The van der Waals surface area contributed by atoms with Crippen molar-refractivity contribution in [3.63, 3.8) is 0 Å². The molecule has 1 heterocycles. The number of benzene rings is 1. The Morgan fingerprint density at radius 1 is 1.54 bits per heavy atom. The number of aromatic nitrogens is 2. The largest absolute Gasteiger partial charge is 0.333 e. The Balaban J connectivity index is 2.49. The first-order valence-electron chi connectivity index (χ1n) is 3.87. The molecule has 0 saturated carbocycles. The van der Waals surface area contributed by atoms with Crippen molar-refractivity contribution in [2.24, 2.45) is 0 Å². The van der Waals surface area contributed by atoms with Crippen LogP contribution in [-0.4, -0.2) is 15.7 Å². The Morgan fingerprint density at radius 2 is 2.38 bits per heavy atom. The number of halogens is 1. The van der Waals surface area contributed by atoms with E-state index in [0.717, 1.165) is 21.9 Å². The molecular weight excluding hydrogens is 204 g/mol. The smallest absolute Gasteiger partial charge is 0.166 e. The number of aromatic amines is 1. The number of hydrogen-bond donors (Lipinski definition) is 1. The van der Waals surface area contributed by atoms with Gasteiger partial charge in [0.2, 0.25) is 0 Å². The number of fused-ring (bicyclic) bond motifs is 1. The van der Waals surface area contributed by atoms with E-state index in [9.17, 15) is 0 Å². The lowest BCUT2D eigenvalue weighted by Gasteiger charge is -1.87. The predicted molar refractivity (Wildman–Crippen MR) is 57.2 cm³/mol. The summed E-state index contributed by atoms with van der Waals surface area (Å²) in [5, 5.41) is 1.61. The van der Waals surface area contributed by atoms with Gasteiger partial charge < -0.3 is 4.98 Å². The zero-order chi connectivity index (χ0) is 9.26. The van der Waals surface area contributed by atoms with Gasteiger partial charge in [0.05, 0.1) is 11.0 Å². The first kappa shape index (κ1) is 8.91. The maximum absolute atomic E-state index is 5.83. The van der Waals surface area contributed by atoms with Gasteiger partial charge in [0.15, 0.2) is 5.16 Å². The number of nitrogens with one attached hydrogen (secondary N) is 1. The highest BCUT2D eigenvalue weighted by atomic mass is 35.5. The molecular formula is C9H8ClN2S. The van der Waals surface area contributed by atoms with Crippen molar-refractivity contribution < 1.29 is 0 Å². The Bertz CT molecular complexity index is 424. The Morgan fingerprint density at radius 3 is 3.15 bits per heavy atom. The molecule has 0 unspecified atom stereocenters. The molecule has 0 atom stereocenters. The van der Waals surface area contributed by atoms with Crippen LogP contribution in [-0.2, 0) is 0 Å². The third-order valence-electron chi connectivity index (χ3n) is 1.66. The van der Waals surface area contributed by atoms with Gasteiger partial charge in [0, 0.05) is 10.8 Å². The summed E-state index contributed by atoms with van der Waals surface area (Å²) >= 11 is 7.42. The van der Waals surface area contributed by atoms with E-state index in [4.69, 9.17) is 11.6 Å². The Hall–Kier alpha value is -0.670. The third-order valence-corrected chi connectivity index (χ3v) is 2.57. The highest BCUT2D eigenvalue weighted by Crippen LogP contribution is 2.21. The molecule has 2 rings (SSSR count). The summed E-state index contributed by atoms with van der Waals surface area (Å²) in [6, 6.07) is 5.62. The standard InChI is InChI=1S/C9H8ClN2S/c1-2-13-9-11-7-4-3-6(10)5-8(7)12-9/h3-5H,1-2H2,(H,11,12). The minimum absolute atomic E-state index is 0.713. The normalized spacial score (nSPS) is 10.9. The number of rotatable bonds is 2. The summed E-state index contributed by atoms with van der Waals surface area (Å²) in [7, 11) is 0. The van der Waals surface area contributed by atoms with Gasteiger partial charge in [-0.2, -0.15) is 0 Å². The van der Waals surface area contributed by atoms with E-state index in [1.54, 1.807) is 11.8 Å². The number of hydrogen-bond acceptors (Lipinski definition) is 2. The van der Waals surface area contributed by atoms with Crippen LogP contribution in [0.15, 0.2) is 23.4 Å². The fourth-order valence-corrected chi connectivity index (χ4v) is 1.83. The van der Waals surface area contributed by atoms with Gasteiger partial charge in [0.1, 0.15) is 0 Å². The highest BCUT2D eigenvalue weighted by Gasteiger charge is 2.01. The first-order chi connectivity index (χ1) is 6.29. The molecule has 2 nitrogen and oxygen atoms in total. The van der Waals surface area contributed by atoms with Crippen LogP contribution in [0, 0.1) is 6.92 Å². The molecule has 0 fully saturated rings. The number of thioether (sulfide) groups is 1. The zero-order valence-corrected chi connectivity index (χ0v) is 8.45. The average molecular weight is 212 g/mol. The molecule has 0 aliphatic rings. The van der Waals surface area contributed by atoms with Gasteiger partial charge in [0.25, 0.3) is 0 Å². The second-order valence-corrected chi connectivity index (χ2v) is 4.07. The molecule has 0 bridgehead atoms. The van der Waals surface area contributed by atoms with Crippen LogP contribution >= 0.6 is 23.4 Å². The molecule has 67 valence electrons. The van der Waals surface area contributed by atoms with Crippen LogP contribution < -0.4 is 0 Å². The van der Waals surface area contributed by atoms with Crippen LogP contribution in [0.1, 0.15) is 0 Å². The van der Waals surface area contributed by atoms with Crippen molar-refractivity contribution in [2.45, 2.75) is 5.16 Å². The molecule has 2 aromatic rings. The van der Waals surface area contributed by atoms with Gasteiger partial charge in [-0.15, -0.1) is 0 Å². The number of imidazole rings is 1. The maximum Gasteiger partial charge on any atom is 0.166 e. The van der Waals surface area contributed by atoms with E-state index in [-0.39, 0.29) is 0 Å². The zero-order valence-electron chi connectivity index (χ0n) is 6.88.